The average molecular weight is 157 g/mol. The molecule has 1 atom stereocenters. The Hall–Kier alpha value is -0.570. The summed E-state index contributed by atoms with van der Waals surface area (Å²) in [5.41, 5.74) is 0. The van der Waals surface area contributed by atoms with Crippen molar-refractivity contribution in [2.24, 2.45) is 0 Å². The maximum absolute atomic E-state index is 11.3. The number of quaternary nitrogens is 1. The Morgan fingerprint density at radius 3 is 2.55 bits per heavy atom. The zero-order valence-electron chi connectivity index (χ0n) is 7.55. The lowest BCUT2D eigenvalue weighted by atomic mass is 10.2. The third-order valence-corrected chi connectivity index (χ3v) is 2.60. The summed E-state index contributed by atoms with van der Waals surface area (Å²) in [5, 5.41) is 2.71. The topological polar surface area (TPSA) is 29.1 Å². The second kappa shape index (κ2) is 2.81. The predicted molar refractivity (Wildman–Crippen MR) is 44.1 cm³/mol. The summed E-state index contributed by atoms with van der Waals surface area (Å²) in [4.78, 5) is 11.3. The summed E-state index contributed by atoms with van der Waals surface area (Å²) in [5.74, 6) is 0.188. The first-order valence-corrected chi connectivity index (χ1v) is 4.12. The van der Waals surface area contributed by atoms with Crippen molar-refractivity contribution in [1.82, 2.24) is 5.32 Å². The van der Waals surface area contributed by atoms with Crippen LogP contribution in [0.3, 0.4) is 0 Å². The number of likely N-dealkylation sites (N-methyl/N-ethyl adjacent to an activating group) is 2. The molecule has 3 heteroatoms. The number of likely N-dealkylation sites (tertiary alicyclic amines) is 1. The van der Waals surface area contributed by atoms with Gasteiger partial charge in [-0.3, -0.25) is 4.79 Å². The van der Waals surface area contributed by atoms with E-state index < -0.39 is 0 Å². The van der Waals surface area contributed by atoms with Gasteiger partial charge in [0.1, 0.15) is 0 Å². The largest absolute Gasteiger partial charge is 0.354 e. The summed E-state index contributed by atoms with van der Waals surface area (Å²) >= 11 is 0. The van der Waals surface area contributed by atoms with Crippen LogP contribution in [0, 0.1) is 0 Å². The van der Waals surface area contributed by atoms with Gasteiger partial charge in [-0.1, -0.05) is 0 Å². The van der Waals surface area contributed by atoms with E-state index in [1.54, 1.807) is 7.05 Å². The lowest BCUT2D eigenvalue weighted by molar-refractivity contribution is -0.893. The molecule has 11 heavy (non-hydrogen) atoms. The molecule has 64 valence electrons. The highest BCUT2D eigenvalue weighted by molar-refractivity contribution is 5.80. The van der Waals surface area contributed by atoms with Crippen LogP contribution in [0.15, 0.2) is 0 Å². The van der Waals surface area contributed by atoms with Gasteiger partial charge in [0.2, 0.25) is 0 Å². The van der Waals surface area contributed by atoms with Crippen LogP contribution in [-0.2, 0) is 4.79 Å². The molecule has 0 aromatic carbocycles. The number of hydrogen-bond donors (Lipinski definition) is 1. The molecule has 1 N–H and O–H groups in total. The lowest BCUT2D eigenvalue weighted by Gasteiger charge is -2.29. The molecular weight excluding hydrogens is 140 g/mol. The summed E-state index contributed by atoms with van der Waals surface area (Å²) in [7, 11) is 5.94. The number of amides is 1. The van der Waals surface area contributed by atoms with Crippen LogP contribution >= 0.6 is 0 Å². The molecule has 1 aliphatic heterocycles. The summed E-state index contributed by atoms with van der Waals surface area (Å²) < 4.78 is 0.847. The van der Waals surface area contributed by atoms with E-state index in [9.17, 15) is 4.79 Å². The molecule has 3 nitrogen and oxygen atoms in total. The van der Waals surface area contributed by atoms with Gasteiger partial charge in [0.15, 0.2) is 6.04 Å². The molecule has 1 rings (SSSR count). The Bertz CT molecular complexity index is 165. The molecule has 0 aromatic rings. The second-order valence-electron chi connectivity index (χ2n) is 3.77. The van der Waals surface area contributed by atoms with Crippen LogP contribution < -0.4 is 5.32 Å². The zero-order chi connectivity index (χ0) is 8.48. The standard InChI is InChI=1S/C8H16N2O/c1-9-8(11)7-5-4-6-10(7,2)3/h7H,4-6H2,1-3H3/p+1/t7-/m0/s1. The molecule has 1 aliphatic rings. The fourth-order valence-electron chi connectivity index (χ4n) is 1.81. The number of carbonyl (C=O) groups is 1. The van der Waals surface area contributed by atoms with Crippen LogP contribution in [-0.4, -0.2) is 44.1 Å². The number of nitrogens with zero attached hydrogens (tertiary/aromatic N) is 1. The molecule has 1 amide bonds. The van der Waals surface area contributed by atoms with Crippen molar-refractivity contribution in [2.45, 2.75) is 18.9 Å². The molecule has 0 saturated carbocycles. The normalized spacial score (nSPS) is 28.5. The third kappa shape index (κ3) is 1.53. The van der Waals surface area contributed by atoms with Gasteiger partial charge in [0.05, 0.1) is 20.6 Å². The molecule has 0 bridgehead atoms. The van der Waals surface area contributed by atoms with Gasteiger partial charge in [-0.05, 0) is 0 Å². The van der Waals surface area contributed by atoms with Crippen LogP contribution in [0.5, 0.6) is 0 Å². The lowest BCUT2D eigenvalue weighted by Crippen LogP contribution is -2.51. The van der Waals surface area contributed by atoms with Gasteiger partial charge in [-0.15, -0.1) is 0 Å². The van der Waals surface area contributed by atoms with Crippen molar-refractivity contribution in [3.05, 3.63) is 0 Å². The van der Waals surface area contributed by atoms with E-state index in [0.29, 0.717) is 0 Å². The zero-order valence-corrected chi connectivity index (χ0v) is 7.55. The number of nitrogens with one attached hydrogen (secondary N) is 1. The van der Waals surface area contributed by atoms with Crippen LogP contribution in [0.4, 0.5) is 0 Å². The fraction of sp³-hybridized carbons (Fsp3) is 0.875. The van der Waals surface area contributed by atoms with Gasteiger partial charge in [-0.25, -0.2) is 0 Å². The smallest absolute Gasteiger partial charge is 0.278 e. The molecule has 0 aromatic heterocycles. The molecule has 1 saturated heterocycles. The molecule has 0 unspecified atom stereocenters. The highest BCUT2D eigenvalue weighted by Gasteiger charge is 2.38. The Morgan fingerprint density at radius 1 is 1.55 bits per heavy atom. The van der Waals surface area contributed by atoms with Crippen LogP contribution in [0.1, 0.15) is 12.8 Å². The van der Waals surface area contributed by atoms with Gasteiger partial charge in [0.25, 0.3) is 5.91 Å². The molecule has 0 aliphatic carbocycles. The maximum atomic E-state index is 11.3. The van der Waals surface area contributed by atoms with E-state index >= 15 is 0 Å². The Labute approximate surface area is 68.0 Å². The van der Waals surface area contributed by atoms with E-state index in [2.05, 4.69) is 19.4 Å². The molecule has 0 radical (unpaired) electrons. The minimum atomic E-state index is 0.181. The van der Waals surface area contributed by atoms with Gasteiger partial charge >= 0.3 is 0 Å². The van der Waals surface area contributed by atoms with Gasteiger partial charge in [0, 0.05) is 19.9 Å². The molecule has 1 heterocycles. The van der Waals surface area contributed by atoms with E-state index in [1.165, 1.54) is 6.42 Å². The van der Waals surface area contributed by atoms with Crippen molar-refractivity contribution in [3.63, 3.8) is 0 Å². The first-order chi connectivity index (χ1) is 5.08. The quantitative estimate of drug-likeness (QED) is 0.532. The predicted octanol–water partition coefficient (Wildman–Crippen LogP) is -0.0288. The highest BCUT2D eigenvalue weighted by Crippen LogP contribution is 2.21. The van der Waals surface area contributed by atoms with Crippen molar-refractivity contribution < 1.29 is 9.28 Å². The minimum absolute atomic E-state index is 0.181. The molecule has 0 spiro atoms. The summed E-state index contributed by atoms with van der Waals surface area (Å²) in [6.07, 6.45) is 2.21. The van der Waals surface area contributed by atoms with Crippen molar-refractivity contribution in [2.75, 3.05) is 27.7 Å². The highest BCUT2D eigenvalue weighted by atomic mass is 16.2. The van der Waals surface area contributed by atoms with E-state index in [0.717, 1.165) is 17.4 Å². The van der Waals surface area contributed by atoms with Gasteiger partial charge in [-0.2, -0.15) is 0 Å². The van der Waals surface area contributed by atoms with Crippen LogP contribution in [0.2, 0.25) is 0 Å². The first-order valence-electron chi connectivity index (χ1n) is 4.12. The van der Waals surface area contributed by atoms with E-state index in [-0.39, 0.29) is 11.9 Å². The molecule has 1 fully saturated rings. The Morgan fingerprint density at radius 2 is 2.18 bits per heavy atom. The van der Waals surface area contributed by atoms with Crippen LogP contribution in [0.25, 0.3) is 0 Å². The van der Waals surface area contributed by atoms with E-state index in [4.69, 9.17) is 0 Å². The van der Waals surface area contributed by atoms with Gasteiger partial charge < -0.3 is 9.80 Å². The first kappa shape index (κ1) is 8.53. The Kier molecular flexibility index (Phi) is 2.18. The minimum Gasteiger partial charge on any atom is -0.354 e. The molecular formula is C8H17N2O+. The summed E-state index contributed by atoms with van der Waals surface area (Å²) in [6.45, 7) is 1.12. The second-order valence-corrected chi connectivity index (χ2v) is 3.77. The Balaban J connectivity index is 2.64. The third-order valence-electron chi connectivity index (χ3n) is 2.60. The fourth-order valence-corrected chi connectivity index (χ4v) is 1.81. The monoisotopic (exact) mass is 157 g/mol. The summed E-state index contributed by atoms with van der Waals surface area (Å²) in [6, 6.07) is 0.181. The number of carbonyl (C=O) groups excluding carboxylic acids is 1. The number of rotatable bonds is 1. The average Bonchev–Trinajstić information content (AvgIpc) is 2.28. The van der Waals surface area contributed by atoms with Crippen molar-refractivity contribution in [1.29, 1.82) is 0 Å². The van der Waals surface area contributed by atoms with Crippen molar-refractivity contribution >= 4 is 5.91 Å². The van der Waals surface area contributed by atoms with Crippen molar-refractivity contribution in [3.8, 4) is 0 Å². The van der Waals surface area contributed by atoms with E-state index in [1.807, 2.05) is 0 Å². The SMILES string of the molecule is CNC(=O)[C@@H]1CCC[N+]1(C)C. The number of hydrogen-bond acceptors (Lipinski definition) is 1. The maximum Gasteiger partial charge on any atom is 0.278 e.